The van der Waals surface area contributed by atoms with Gasteiger partial charge in [0.1, 0.15) is 23.0 Å². The van der Waals surface area contributed by atoms with Gasteiger partial charge in [-0.05, 0) is 129 Å². The zero-order chi connectivity index (χ0) is 40.2. The van der Waals surface area contributed by atoms with Gasteiger partial charge in [0.15, 0.2) is 0 Å². The van der Waals surface area contributed by atoms with Crippen LogP contribution < -0.4 is 30.8 Å². The zero-order valence-corrected chi connectivity index (χ0v) is 33.5. The highest BCUT2D eigenvalue weighted by Gasteiger charge is 2.41. The van der Waals surface area contributed by atoms with Crippen molar-refractivity contribution >= 4 is 40.2 Å². The molecule has 0 aromatic heterocycles. The molecule has 2 heterocycles. The Morgan fingerprint density at radius 1 is 0.333 bits per heavy atom. The molecule has 0 radical (unpaired) electrons. The van der Waals surface area contributed by atoms with Crippen LogP contribution in [0.3, 0.4) is 0 Å². The maximum Gasteiger partial charge on any atom is 0.260 e. The Bertz CT molecular complexity index is 2850. The second kappa shape index (κ2) is 14.7. The number of benzene rings is 9. The summed E-state index contributed by atoms with van der Waals surface area (Å²) < 4.78 is 14.2. The summed E-state index contributed by atoms with van der Waals surface area (Å²) in [7, 11) is 0. The molecule has 9 aromatic carbocycles. The average Bonchev–Trinajstić information content (AvgIpc) is 3.30. The van der Waals surface area contributed by atoms with Gasteiger partial charge in [-0.2, -0.15) is 0 Å². The third kappa shape index (κ3) is 6.25. The molecule has 0 aliphatic carbocycles. The molecule has 284 valence electrons. The van der Waals surface area contributed by atoms with E-state index in [0.29, 0.717) is 0 Å². The van der Waals surface area contributed by atoms with Crippen molar-refractivity contribution in [1.29, 1.82) is 0 Å². The Kier molecular flexibility index (Phi) is 8.71. The molecular formula is C56H40BNO2. The summed E-state index contributed by atoms with van der Waals surface area (Å²) in [4.78, 5) is 2.27. The van der Waals surface area contributed by atoms with E-state index in [1.807, 2.05) is 0 Å². The normalized spacial score (nSPS) is 12.1. The minimum atomic E-state index is -0.0879. The highest BCUT2D eigenvalue weighted by molar-refractivity contribution is 6.98. The summed E-state index contributed by atoms with van der Waals surface area (Å²) in [5.74, 6) is 3.30. The molecule has 0 saturated carbocycles. The predicted octanol–water partition coefficient (Wildman–Crippen LogP) is 13.2. The Labute approximate surface area is 351 Å². The van der Waals surface area contributed by atoms with Crippen molar-refractivity contribution in [2.75, 3.05) is 4.90 Å². The lowest BCUT2D eigenvalue weighted by atomic mass is 9.34. The van der Waals surface area contributed by atoms with Gasteiger partial charge in [0.2, 0.25) is 0 Å². The van der Waals surface area contributed by atoms with Crippen LogP contribution in [0.2, 0.25) is 0 Å². The number of fused-ring (bicyclic) bond motifs is 4. The quantitative estimate of drug-likeness (QED) is 0.151. The van der Waals surface area contributed by atoms with Crippen molar-refractivity contribution in [3.05, 3.63) is 217 Å². The van der Waals surface area contributed by atoms with E-state index in [0.717, 1.165) is 67.6 Å². The molecule has 0 atom stereocenters. The minimum Gasteiger partial charge on any atom is -0.458 e. The molecule has 2 aliphatic rings. The Balaban J connectivity index is 1.08. The van der Waals surface area contributed by atoms with Crippen LogP contribution in [0.1, 0.15) is 11.1 Å². The zero-order valence-electron chi connectivity index (χ0n) is 33.5. The number of hydrogen-bond donors (Lipinski definition) is 0. The summed E-state index contributed by atoms with van der Waals surface area (Å²) in [5.41, 5.74) is 18.2. The fourth-order valence-corrected chi connectivity index (χ4v) is 9.03. The van der Waals surface area contributed by atoms with E-state index in [-0.39, 0.29) is 6.71 Å². The van der Waals surface area contributed by atoms with Crippen molar-refractivity contribution in [2.24, 2.45) is 0 Å². The Hall–Kier alpha value is -7.56. The number of aryl methyl sites for hydroxylation is 2. The minimum absolute atomic E-state index is 0.0879. The molecule has 0 amide bonds. The Morgan fingerprint density at radius 3 is 1.17 bits per heavy atom. The summed E-state index contributed by atoms with van der Waals surface area (Å²) in [6, 6.07) is 73.5. The number of hydrogen-bond acceptors (Lipinski definition) is 3. The maximum absolute atomic E-state index is 7.08. The first-order valence-corrected chi connectivity index (χ1v) is 20.6. The van der Waals surface area contributed by atoms with Gasteiger partial charge in [0.25, 0.3) is 6.71 Å². The summed E-state index contributed by atoms with van der Waals surface area (Å²) >= 11 is 0. The van der Waals surface area contributed by atoms with Gasteiger partial charge >= 0.3 is 0 Å². The lowest BCUT2D eigenvalue weighted by Crippen LogP contribution is -2.57. The number of anilines is 3. The first-order valence-electron chi connectivity index (χ1n) is 20.6. The highest BCUT2D eigenvalue weighted by atomic mass is 16.5. The molecule has 11 rings (SSSR count). The second-order valence-electron chi connectivity index (χ2n) is 15.8. The molecule has 9 aromatic rings. The van der Waals surface area contributed by atoms with Crippen LogP contribution in [0.5, 0.6) is 23.0 Å². The first kappa shape index (κ1) is 35.6. The van der Waals surface area contributed by atoms with Crippen molar-refractivity contribution < 1.29 is 9.47 Å². The van der Waals surface area contributed by atoms with Crippen LogP contribution >= 0.6 is 0 Å². The number of para-hydroxylation sites is 2. The fourth-order valence-electron chi connectivity index (χ4n) is 9.03. The second-order valence-corrected chi connectivity index (χ2v) is 15.8. The highest BCUT2D eigenvalue weighted by Crippen LogP contribution is 2.44. The molecule has 0 unspecified atom stereocenters. The first-order chi connectivity index (χ1) is 29.6. The van der Waals surface area contributed by atoms with Gasteiger partial charge in [0, 0.05) is 29.0 Å². The molecule has 4 heteroatoms. The van der Waals surface area contributed by atoms with Crippen LogP contribution in [0.15, 0.2) is 206 Å². The van der Waals surface area contributed by atoms with Gasteiger partial charge in [-0.3, -0.25) is 0 Å². The molecule has 0 fully saturated rings. The number of nitrogens with zero attached hydrogens (tertiary/aromatic N) is 1. The van der Waals surface area contributed by atoms with Crippen LogP contribution in [0.25, 0.3) is 44.5 Å². The molecule has 0 bridgehead atoms. The topological polar surface area (TPSA) is 21.7 Å². The third-order valence-electron chi connectivity index (χ3n) is 12.1. The van der Waals surface area contributed by atoms with E-state index >= 15 is 0 Å². The lowest BCUT2D eigenvalue weighted by Gasteiger charge is -2.35. The Morgan fingerprint density at radius 2 is 0.733 bits per heavy atom. The van der Waals surface area contributed by atoms with E-state index in [1.165, 1.54) is 44.5 Å². The van der Waals surface area contributed by atoms with Gasteiger partial charge in [-0.1, -0.05) is 146 Å². The van der Waals surface area contributed by atoms with Crippen LogP contribution in [-0.4, -0.2) is 6.71 Å². The smallest absolute Gasteiger partial charge is 0.260 e. The van der Waals surface area contributed by atoms with E-state index < -0.39 is 0 Å². The van der Waals surface area contributed by atoms with E-state index in [1.54, 1.807) is 0 Å². The SMILES string of the molecule is Cc1ccc(-c2ccccc2)cc1-c1ccc2c(c1)Oc1cc(N(c3ccccc3)c3ccccc3)cc3c1B2c1ccc(-c2cc(-c4ccccc4)ccc2C)cc1O3. The standard InChI is InChI=1S/C56H40BNO2/c1-37-23-25-41(39-15-7-3-8-16-39)31-48(37)43-27-29-50-52(33-43)59-54-35-47(58(45-19-11-5-12-20-45)46-21-13-6-14-22-46)36-55-56(54)57(50)51-30-28-44(34-53(51)60-55)49-32-42(26-24-38(49)2)40-17-9-4-10-18-40/h3-36H,1-2H3. The molecule has 0 N–H and O–H groups in total. The molecule has 0 saturated heterocycles. The van der Waals surface area contributed by atoms with Crippen molar-refractivity contribution in [2.45, 2.75) is 13.8 Å². The fraction of sp³-hybridized carbons (Fsp3) is 0.0357. The monoisotopic (exact) mass is 769 g/mol. The maximum atomic E-state index is 7.08. The summed E-state index contributed by atoms with van der Waals surface area (Å²) in [6.07, 6.45) is 0. The molecule has 2 aliphatic heterocycles. The summed E-state index contributed by atoms with van der Waals surface area (Å²) in [5, 5.41) is 0. The van der Waals surface area contributed by atoms with Crippen molar-refractivity contribution in [3.63, 3.8) is 0 Å². The van der Waals surface area contributed by atoms with Gasteiger partial charge in [-0.25, -0.2) is 0 Å². The number of ether oxygens (including phenoxy) is 2. The van der Waals surface area contributed by atoms with Crippen molar-refractivity contribution in [1.82, 2.24) is 0 Å². The van der Waals surface area contributed by atoms with Gasteiger partial charge in [-0.15, -0.1) is 0 Å². The average molecular weight is 770 g/mol. The number of rotatable bonds is 7. The predicted molar refractivity (Wildman–Crippen MR) is 250 cm³/mol. The van der Waals surface area contributed by atoms with Gasteiger partial charge in [0.05, 0.1) is 5.69 Å². The molecular weight excluding hydrogens is 729 g/mol. The molecule has 3 nitrogen and oxygen atoms in total. The van der Waals surface area contributed by atoms with Crippen molar-refractivity contribution in [3.8, 4) is 67.5 Å². The summed E-state index contributed by atoms with van der Waals surface area (Å²) in [6.45, 7) is 4.28. The molecule has 0 spiro atoms. The molecule has 60 heavy (non-hydrogen) atoms. The van der Waals surface area contributed by atoms with Crippen LogP contribution in [0.4, 0.5) is 17.1 Å². The van der Waals surface area contributed by atoms with Crippen LogP contribution in [0, 0.1) is 13.8 Å². The third-order valence-corrected chi connectivity index (χ3v) is 12.1. The largest absolute Gasteiger partial charge is 0.458 e. The van der Waals surface area contributed by atoms with E-state index in [2.05, 4.69) is 225 Å². The van der Waals surface area contributed by atoms with E-state index in [4.69, 9.17) is 9.47 Å². The van der Waals surface area contributed by atoms with Crippen LogP contribution in [-0.2, 0) is 0 Å². The van der Waals surface area contributed by atoms with Gasteiger partial charge < -0.3 is 14.4 Å². The lowest BCUT2D eigenvalue weighted by molar-refractivity contribution is 0.465. The van der Waals surface area contributed by atoms with E-state index in [9.17, 15) is 0 Å².